The number of anilines is 1. The molecule has 0 aliphatic carbocycles. The molecule has 2 rings (SSSR count). The summed E-state index contributed by atoms with van der Waals surface area (Å²) in [5.41, 5.74) is 5.00. The van der Waals surface area contributed by atoms with Gasteiger partial charge in [0.1, 0.15) is 5.75 Å². The standard InChI is InChI=1S/C16H19NO/c1-12-7-8-15(9-13(12)2)17-11-14-5-4-6-16(10-14)18-3/h4-10,17H,11H2,1-3H3. The fourth-order valence-electron chi connectivity index (χ4n) is 1.84. The van der Waals surface area contributed by atoms with E-state index in [0.717, 1.165) is 18.0 Å². The van der Waals surface area contributed by atoms with Gasteiger partial charge in [-0.1, -0.05) is 18.2 Å². The van der Waals surface area contributed by atoms with Gasteiger partial charge in [-0.25, -0.2) is 0 Å². The summed E-state index contributed by atoms with van der Waals surface area (Å²) in [7, 11) is 1.69. The van der Waals surface area contributed by atoms with Gasteiger partial charge < -0.3 is 10.1 Å². The van der Waals surface area contributed by atoms with Gasteiger partial charge in [0, 0.05) is 12.2 Å². The lowest BCUT2D eigenvalue weighted by Gasteiger charge is -2.09. The van der Waals surface area contributed by atoms with Gasteiger partial charge in [-0.15, -0.1) is 0 Å². The molecular weight excluding hydrogens is 222 g/mol. The third kappa shape index (κ3) is 3.04. The van der Waals surface area contributed by atoms with Gasteiger partial charge >= 0.3 is 0 Å². The molecule has 0 aliphatic heterocycles. The van der Waals surface area contributed by atoms with Gasteiger partial charge in [-0.3, -0.25) is 0 Å². The van der Waals surface area contributed by atoms with Crippen molar-refractivity contribution in [1.82, 2.24) is 0 Å². The Labute approximate surface area is 109 Å². The number of benzene rings is 2. The number of methoxy groups -OCH3 is 1. The van der Waals surface area contributed by atoms with Crippen molar-refractivity contribution in [3.05, 3.63) is 59.2 Å². The summed E-state index contributed by atoms with van der Waals surface area (Å²) in [6, 6.07) is 14.5. The number of hydrogen-bond acceptors (Lipinski definition) is 2. The van der Waals surface area contributed by atoms with E-state index in [2.05, 4.69) is 43.4 Å². The minimum absolute atomic E-state index is 0.805. The molecule has 0 fully saturated rings. The minimum Gasteiger partial charge on any atom is -0.497 e. The van der Waals surface area contributed by atoms with Crippen molar-refractivity contribution in [2.24, 2.45) is 0 Å². The van der Waals surface area contributed by atoms with Gasteiger partial charge in [0.2, 0.25) is 0 Å². The summed E-state index contributed by atoms with van der Waals surface area (Å²) < 4.78 is 5.21. The first-order valence-corrected chi connectivity index (χ1v) is 6.13. The van der Waals surface area contributed by atoms with Crippen molar-refractivity contribution in [1.29, 1.82) is 0 Å². The van der Waals surface area contributed by atoms with E-state index in [1.807, 2.05) is 18.2 Å². The summed E-state index contributed by atoms with van der Waals surface area (Å²) in [6.45, 7) is 5.06. The Morgan fingerprint density at radius 2 is 1.83 bits per heavy atom. The molecule has 2 nitrogen and oxygen atoms in total. The van der Waals surface area contributed by atoms with Crippen LogP contribution in [0.25, 0.3) is 0 Å². The van der Waals surface area contributed by atoms with Crippen LogP contribution in [0, 0.1) is 13.8 Å². The molecule has 0 saturated carbocycles. The van der Waals surface area contributed by atoms with Crippen LogP contribution in [0.2, 0.25) is 0 Å². The zero-order valence-electron chi connectivity index (χ0n) is 11.2. The second kappa shape index (κ2) is 5.58. The van der Waals surface area contributed by atoms with E-state index in [0.29, 0.717) is 0 Å². The maximum atomic E-state index is 5.21. The molecule has 0 unspecified atom stereocenters. The Kier molecular flexibility index (Phi) is 3.88. The highest BCUT2D eigenvalue weighted by Gasteiger charge is 1.98. The SMILES string of the molecule is COc1cccc(CNc2ccc(C)c(C)c2)c1. The molecule has 0 atom stereocenters. The zero-order chi connectivity index (χ0) is 13.0. The number of ether oxygens (including phenoxy) is 1. The van der Waals surface area contributed by atoms with E-state index in [9.17, 15) is 0 Å². The largest absolute Gasteiger partial charge is 0.497 e. The summed E-state index contributed by atoms with van der Waals surface area (Å²) in [5, 5.41) is 3.42. The lowest BCUT2D eigenvalue weighted by atomic mass is 10.1. The summed E-state index contributed by atoms with van der Waals surface area (Å²) in [6.07, 6.45) is 0. The van der Waals surface area contributed by atoms with E-state index in [-0.39, 0.29) is 0 Å². The second-order valence-corrected chi connectivity index (χ2v) is 4.50. The Balaban J connectivity index is 2.04. The number of rotatable bonds is 4. The predicted molar refractivity (Wildman–Crippen MR) is 76.2 cm³/mol. The average Bonchev–Trinajstić information content (AvgIpc) is 2.40. The van der Waals surface area contributed by atoms with Crippen LogP contribution in [-0.2, 0) is 6.54 Å². The van der Waals surface area contributed by atoms with Gasteiger partial charge in [0.15, 0.2) is 0 Å². The van der Waals surface area contributed by atoms with Crippen LogP contribution >= 0.6 is 0 Å². The highest BCUT2D eigenvalue weighted by molar-refractivity contribution is 5.48. The third-order valence-corrected chi connectivity index (χ3v) is 3.14. The van der Waals surface area contributed by atoms with Crippen molar-refractivity contribution in [2.45, 2.75) is 20.4 Å². The van der Waals surface area contributed by atoms with E-state index >= 15 is 0 Å². The van der Waals surface area contributed by atoms with Gasteiger partial charge in [0.25, 0.3) is 0 Å². The van der Waals surface area contributed by atoms with Crippen molar-refractivity contribution in [3.8, 4) is 5.75 Å². The zero-order valence-corrected chi connectivity index (χ0v) is 11.2. The fourth-order valence-corrected chi connectivity index (χ4v) is 1.84. The fraction of sp³-hybridized carbons (Fsp3) is 0.250. The van der Waals surface area contributed by atoms with Crippen LogP contribution in [-0.4, -0.2) is 7.11 Å². The molecule has 0 radical (unpaired) electrons. The van der Waals surface area contributed by atoms with Crippen molar-refractivity contribution >= 4 is 5.69 Å². The van der Waals surface area contributed by atoms with Crippen LogP contribution < -0.4 is 10.1 Å². The summed E-state index contributed by atoms with van der Waals surface area (Å²) in [4.78, 5) is 0. The first-order valence-electron chi connectivity index (χ1n) is 6.13. The lowest BCUT2D eigenvalue weighted by Crippen LogP contribution is -2.00. The van der Waals surface area contributed by atoms with E-state index in [1.54, 1.807) is 7.11 Å². The average molecular weight is 241 g/mol. The van der Waals surface area contributed by atoms with Gasteiger partial charge in [-0.05, 0) is 54.8 Å². The molecular formula is C16H19NO. The second-order valence-electron chi connectivity index (χ2n) is 4.50. The highest BCUT2D eigenvalue weighted by atomic mass is 16.5. The molecule has 94 valence electrons. The molecule has 0 amide bonds. The topological polar surface area (TPSA) is 21.3 Å². The molecule has 1 N–H and O–H groups in total. The molecule has 2 heteroatoms. The molecule has 2 aromatic carbocycles. The van der Waals surface area contributed by atoms with E-state index in [1.165, 1.54) is 16.7 Å². The van der Waals surface area contributed by atoms with Crippen molar-refractivity contribution in [3.63, 3.8) is 0 Å². The third-order valence-electron chi connectivity index (χ3n) is 3.14. The molecule has 0 heterocycles. The van der Waals surface area contributed by atoms with Crippen LogP contribution in [0.15, 0.2) is 42.5 Å². The van der Waals surface area contributed by atoms with Crippen LogP contribution in [0.4, 0.5) is 5.69 Å². The summed E-state index contributed by atoms with van der Waals surface area (Å²) in [5.74, 6) is 0.898. The Hall–Kier alpha value is -1.96. The quantitative estimate of drug-likeness (QED) is 0.875. The first-order chi connectivity index (χ1) is 8.69. The number of hydrogen-bond donors (Lipinski definition) is 1. The lowest BCUT2D eigenvalue weighted by molar-refractivity contribution is 0.414. The normalized spacial score (nSPS) is 10.2. The Morgan fingerprint density at radius 3 is 2.56 bits per heavy atom. The molecule has 2 aromatic rings. The maximum absolute atomic E-state index is 5.21. The Morgan fingerprint density at radius 1 is 1.00 bits per heavy atom. The van der Waals surface area contributed by atoms with Gasteiger partial charge in [-0.2, -0.15) is 0 Å². The Bertz CT molecular complexity index is 534. The molecule has 18 heavy (non-hydrogen) atoms. The molecule has 0 spiro atoms. The molecule has 0 saturated heterocycles. The van der Waals surface area contributed by atoms with Crippen LogP contribution in [0.3, 0.4) is 0 Å². The smallest absolute Gasteiger partial charge is 0.119 e. The molecule has 0 bridgehead atoms. The molecule has 0 aliphatic rings. The van der Waals surface area contributed by atoms with Crippen LogP contribution in [0.1, 0.15) is 16.7 Å². The first kappa shape index (κ1) is 12.5. The van der Waals surface area contributed by atoms with Crippen molar-refractivity contribution < 1.29 is 4.74 Å². The van der Waals surface area contributed by atoms with E-state index in [4.69, 9.17) is 4.74 Å². The number of aryl methyl sites for hydroxylation is 2. The number of nitrogens with one attached hydrogen (secondary N) is 1. The van der Waals surface area contributed by atoms with Crippen molar-refractivity contribution in [2.75, 3.05) is 12.4 Å². The molecule has 0 aromatic heterocycles. The van der Waals surface area contributed by atoms with Gasteiger partial charge in [0.05, 0.1) is 7.11 Å². The van der Waals surface area contributed by atoms with Crippen LogP contribution in [0.5, 0.6) is 5.75 Å². The maximum Gasteiger partial charge on any atom is 0.119 e. The highest BCUT2D eigenvalue weighted by Crippen LogP contribution is 2.17. The minimum atomic E-state index is 0.805. The van der Waals surface area contributed by atoms with E-state index < -0.39 is 0 Å². The monoisotopic (exact) mass is 241 g/mol. The predicted octanol–water partition coefficient (Wildman–Crippen LogP) is 3.92. The summed E-state index contributed by atoms with van der Waals surface area (Å²) >= 11 is 0.